The molecule has 1 aromatic carbocycles. The zero-order chi connectivity index (χ0) is 14.8. The molecule has 0 spiro atoms. The summed E-state index contributed by atoms with van der Waals surface area (Å²) in [5.74, 6) is -0.395. The van der Waals surface area contributed by atoms with Crippen molar-refractivity contribution in [1.82, 2.24) is 10.3 Å². The fourth-order valence-corrected chi connectivity index (χ4v) is 2.72. The van der Waals surface area contributed by atoms with Gasteiger partial charge in [0.25, 0.3) is 5.91 Å². The standard InChI is InChI=1S/C15H15ClN2O3/c16-12-5-1-4-10-13(12)17-8-11(14(10)19)15(20)18-7-9-3-2-6-21-9/h1,4-5,8-9H,2-3,6-7H2,(H,17,19)(H,18,20). The maximum atomic E-state index is 12.3. The first-order valence-corrected chi connectivity index (χ1v) is 7.24. The predicted octanol–water partition coefficient (Wildman–Crippen LogP) is 2.09. The van der Waals surface area contributed by atoms with E-state index in [2.05, 4.69) is 10.3 Å². The highest BCUT2D eigenvalue weighted by Gasteiger charge is 2.18. The highest BCUT2D eigenvalue weighted by Crippen LogP contribution is 2.18. The largest absolute Gasteiger partial charge is 0.376 e. The number of benzene rings is 1. The lowest BCUT2D eigenvalue weighted by Crippen LogP contribution is -2.34. The number of hydrogen-bond donors (Lipinski definition) is 2. The zero-order valence-electron chi connectivity index (χ0n) is 11.3. The Kier molecular flexibility index (Phi) is 3.94. The van der Waals surface area contributed by atoms with Crippen LogP contribution in [0.4, 0.5) is 0 Å². The molecule has 3 rings (SSSR count). The molecule has 1 atom stereocenters. The summed E-state index contributed by atoms with van der Waals surface area (Å²) in [6, 6.07) is 5.03. The van der Waals surface area contributed by atoms with Gasteiger partial charge in [-0.05, 0) is 25.0 Å². The van der Waals surface area contributed by atoms with Crippen LogP contribution in [0.2, 0.25) is 5.02 Å². The van der Waals surface area contributed by atoms with E-state index in [1.807, 2.05) is 0 Å². The smallest absolute Gasteiger partial charge is 0.256 e. The minimum absolute atomic E-state index is 0.0444. The van der Waals surface area contributed by atoms with Gasteiger partial charge in [-0.1, -0.05) is 17.7 Å². The molecule has 0 saturated carbocycles. The molecule has 1 amide bonds. The number of halogens is 1. The van der Waals surface area contributed by atoms with E-state index in [4.69, 9.17) is 16.3 Å². The predicted molar refractivity (Wildman–Crippen MR) is 80.9 cm³/mol. The minimum Gasteiger partial charge on any atom is -0.376 e. The van der Waals surface area contributed by atoms with E-state index < -0.39 is 5.91 Å². The fourth-order valence-electron chi connectivity index (χ4n) is 2.49. The van der Waals surface area contributed by atoms with E-state index in [0.29, 0.717) is 22.5 Å². The number of carbonyl (C=O) groups is 1. The van der Waals surface area contributed by atoms with E-state index in [1.165, 1.54) is 6.20 Å². The molecule has 110 valence electrons. The third kappa shape index (κ3) is 2.80. The summed E-state index contributed by atoms with van der Waals surface area (Å²) < 4.78 is 5.44. The van der Waals surface area contributed by atoms with Gasteiger partial charge in [0.1, 0.15) is 5.56 Å². The van der Waals surface area contributed by atoms with Gasteiger partial charge in [-0.2, -0.15) is 0 Å². The monoisotopic (exact) mass is 306 g/mol. The summed E-state index contributed by atoms with van der Waals surface area (Å²) in [6.45, 7) is 1.15. The summed E-state index contributed by atoms with van der Waals surface area (Å²) in [6.07, 6.45) is 3.39. The molecule has 1 fully saturated rings. The second kappa shape index (κ2) is 5.87. The Morgan fingerprint density at radius 1 is 1.48 bits per heavy atom. The van der Waals surface area contributed by atoms with Crippen molar-refractivity contribution >= 4 is 28.4 Å². The van der Waals surface area contributed by atoms with Crippen molar-refractivity contribution in [2.24, 2.45) is 0 Å². The van der Waals surface area contributed by atoms with Crippen LogP contribution in [0.5, 0.6) is 0 Å². The lowest BCUT2D eigenvalue weighted by Gasteiger charge is -2.11. The van der Waals surface area contributed by atoms with Gasteiger partial charge in [-0.15, -0.1) is 0 Å². The van der Waals surface area contributed by atoms with Crippen LogP contribution in [0.25, 0.3) is 10.9 Å². The molecule has 6 heteroatoms. The number of nitrogens with one attached hydrogen (secondary N) is 2. The molecule has 5 nitrogen and oxygen atoms in total. The number of H-pyrrole nitrogens is 1. The molecular weight excluding hydrogens is 292 g/mol. The Labute approximate surface area is 126 Å². The molecule has 2 heterocycles. The van der Waals surface area contributed by atoms with Crippen molar-refractivity contribution in [3.05, 3.63) is 45.2 Å². The fraction of sp³-hybridized carbons (Fsp3) is 0.333. The van der Waals surface area contributed by atoms with Gasteiger partial charge in [-0.25, -0.2) is 0 Å². The van der Waals surface area contributed by atoms with Gasteiger partial charge in [0.15, 0.2) is 0 Å². The van der Waals surface area contributed by atoms with Crippen molar-refractivity contribution in [3.63, 3.8) is 0 Å². The van der Waals surface area contributed by atoms with Crippen molar-refractivity contribution < 1.29 is 9.53 Å². The third-order valence-corrected chi connectivity index (χ3v) is 3.94. The van der Waals surface area contributed by atoms with E-state index in [9.17, 15) is 9.59 Å². The van der Waals surface area contributed by atoms with Gasteiger partial charge in [0.2, 0.25) is 5.43 Å². The molecule has 0 radical (unpaired) electrons. The maximum absolute atomic E-state index is 12.3. The van der Waals surface area contributed by atoms with Gasteiger partial charge < -0.3 is 15.0 Å². The van der Waals surface area contributed by atoms with Crippen molar-refractivity contribution in [2.45, 2.75) is 18.9 Å². The van der Waals surface area contributed by atoms with E-state index in [0.717, 1.165) is 19.4 Å². The molecule has 1 aliphatic heterocycles. The van der Waals surface area contributed by atoms with Gasteiger partial charge in [0, 0.05) is 24.7 Å². The van der Waals surface area contributed by atoms with Gasteiger partial charge >= 0.3 is 0 Å². The van der Waals surface area contributed by atoms with Gasteiger partial charge in [-0.3, -0.25) is 9.59 Å². The number of ether oxygens (including phenoxy) is 1. The van der Waals surface area contributed by atoms with Crippen LogP contribution in [0, 0.1) is 0 Å². The Morgan fingerprint density at radius 3 is 3.10 bits per heavy atom. The Hall–Kier alpha value is -1.85. The van der Waals surface area contributed by atoms with Crippen LogP contribution in [0.15, 0.2) is 29.2 Å². The quantitative estimate of drug-likeness (QED) is 0.912. The lowest BCUT2D eigenvalue weighted by molar-refractivity contribution is 0.0857. The summed E-state index contributed by atoms with van der Waals surface area (Å²) in [7, 11) is 0. The van der Waals surface area contributed by atoms with Crippen LogP contribution < -0.4 is 10.7 Å². The van der Waals surface area contributed by atoms with Crippen LogP contribution >= 0.6 is 11.6 Å². The average molecular weight is 307 g/mol. The molecule has 1 unspecified atom stereocenters. The Morgan fingerprint density at radius 2 is 2.33 bits per heavy atom. The third-order valence-electron chi connectivity index (χ3n) is 3.62. The SMILES string of the molecule is O=C(NCC1CCCO1)c1c[nH]c2c(Cl)cccc2c1=O. The van der Waals surface area contributed by atoms with Crippen molar-refractivity contribution in [2.75, 3.05) is 13.2 Å². The van der Waals surface area contributed by atoms with Gasteiger partial charge in [0.05, 0.1) is 16.6 Å². The normalized spacial score (nSPS) is 18.0. The minimum atomic E-state index is -0.395. The average Bonchev–Trinajstić information content (AvgIpc) is 2.99. The molecule has 1 saturated heterocycles. The number of amides is 1. The van der Waals surface area contributed by atoms with E-state index >= 15 is 0 Å². The molecule has 0 aliphatic carbocycles. The summed E-state index contributed by atoms with van der Waals surface area (Å²) >= 11 is 6.02. The molecular formula is C15H15ClN2O3. The first-order valence-electron chi connectivity index (χ1n) is 6.86. The number of aromatic amines is 1. The molecule has 1 aromatic heterocycles. The van der Waals surface area contributed by atoms with Crippen molar-refractivity contribution in [3.8, 4) is 0 Å². The van der Waals surface area contributed by atoms with Crippen LogP contribution in [0.3, 0.4) is 0 Å². The highest BCUT2D eigenvalue weighted by molar-refractivity contribution is 6.35. The maximum Gasteiger partial charge on any atom is 0.256 e. The highest BCUT2D eigenvalue weighted by atomic mass is 35.5. The van der Waals surface area contributed by atoms with Crippen LogP contribution in [0.1, 0.15) is 23.2 Å². The Balaban J connectivity index is 1.84. The zero-order valence-corrected chi connectivity index (χ0v) is 12.1. The van der Waals surface area contributed by atoms with E-state index in [-0.39, 0.29) is 17.1 Å². The number of carbonyl (C=O) groups excluding carboxylic acids is 1. The molecule has 21 heavy (non-hydrogen) atoms. The lowest BCUT2D eigenvalue weighted by atomic mass is 10.1. The van der Waals surface area contributed by atoms with Crippen LogP contribution in [-0.2, 0) is 4.74 Å². The number of rotatable bonds is 3. The number of hydrogen-bond acceptors (Lipinski definition) is 3. The van der Waals surface area contributed by atoms with Crippen LogP contribution in [-0.4, -0.2) is 30.1 Å². The molecule has 0 bridgehead atoms. The second-order valence-corrected chi connectivity index (χ2v) is 5.45. The summed E-state index contributed by atoms with van der Waals surface area (Å²) in [4.78, 5) is 27.4. The number of aromatic nitrogens is 1. The first kappa shape index (κ1) is 14.1. The topological polar surface area (TPSA) is 71.2 Å². The molecule has 2 N–H and O–H groups in total. The van der Waals surface area contributed by atoms with E-state index in [1.54, 1.807) is 18.2 Å². The first-order chi connectivity index (χ1) is 10.2. The van der Waals surface area contributed by atoms with Crippen molar-refractivity contribution in [1.29, 1.82) is 0 Å². The molecule has 1 aliphatic rings. The number of para-hydroxylation sites is 1. The molecule has 2 aromatic rings. The number of pyridine rings is 1. The second-order valence-electron chi connectivity index (χ2n) is 5.04. The summed E-state index contributed by atoms with van der Waals surface area (Å²) in [5, 5.41) is 3.61. The number of fused-ring (bicyclic) bond motifs is 1. The Bertz CT molecular complexity index is 735. The summed E-state index contributed by atoms with van der Waals surface area (Å²) in [5.41, 5.74) is 0.304.